The molecular weight excluding hydrogens is 350 g/mol. The highest BCUT2D eigenvalue weighted by Crippen LogP contribution is 2.31. The van der Waals surface area contributed by atoms with Gasteiger partial charge >= 0.3 is 0 Å². The molecule has 0 radical (unpaired) electrons. The Labute approximate surface area is 157 Å². The van der Waals surface area contributed by atoms with Crippen molar-refractivity contribution in [2.24, 2.45) is 5.92 Å². The van der Waals surface area contributed by atoms with Crippen molar-refractivity contribution in [1.82, 2.24) is 9.88 Å². The number of aromatic nitrogens is 1. The first-order valence-corrected chi connectivity index (χ1v) is 9.43. The van der Waals surface area contributed by atoms with Crippen LogP contribution in [0.3, 0.4) is 0 Å². The molecule has 0 aliphatic heterocycles. The van der Waals surface area contributed by atoms with Crippen LogP contribution in [0.25, 0.3) is 0 Å². The third kappa shape index (κ3) is 5.56. The highest BCUT2D eigenvalue weighted by molar-refractivity contribution is 7.99. The zero-order valence-corrected chi connectivity index (χ0v) is 16.0. The number of carbonyl (C=O) groups is 1. The van der Waals surface area contributed by atoms with Gasteiger partial charge in [-0.25, -0.2) is 0 Å². The molecule has 138 valence electrons. The first-order chi connectivity index (χ1) is 12.4. The lowest BCUT2D eigenvalue weighted by atomic mass is 10.1. The van der Waals surface area contributed by atoms with E-state index in [9.17, 15) is 14.9 Å². The van der Waals surface area contributed by atoms with Crippen molar-refractivity contribution in [3.63, 3.8) is 0 Å². The number of hydrogen-bond acceptors (Lipinski definition) is 5. The summed E-state index contributed by atoms with van der Waals surface area (Å²) < 4.78 is 0. The second-order valence-corrected chi connectivity index (χ2v) is 7.59. The van der Waals surface area contributed by atoms with E-state index in [1.54, 1.807) is 25.4 Å². The molecule has 6 nitrogen and oxygen atoms in total. The van der Waals surface area contributed by atoms with Gasteiger partial charge < -0.3 is 4.90 Å². The third-order valence-corrected chi connectivity index (χ3v) is 4.92. The largest absolute Gasteiger partial charge is 0.336 e. The topological polar surface area (TPSA) is 76.3 Å². The van der Waals surface area contributed by atoms with E-state index >= 15 is 0 Å². The van der Waals surface area contributed by atoms with Crippen LogP contribution in [0.5, 0.6) is 0 Å². The number of benzene rings is 1. The Hall–Kier alpha value is -2.41. The predicted octanol–water partition coefficient (Wildman–Crippen LogP) is 4.40. The summed E-state index contributed by atoms with van der Waals surface area (Å²) in [5.74, 6) is 1.09. The lowest BCUT2D eigenvalue weighted by Gasteiger charge is -2.17. The average molecular weight is 373 g/mol. The Morgan fingerprint density at radius 2 is 2.08 bits per heavy atom. The van der Waals surface area contributed by atoms with Gasteiger partial charge in [0, 0.05) is 24.9 Å². The normalized spacial score (nSPS) is 10.8. The molecule has 2 aromatic rings. The highest BCUT2D eigenvalue weighted by atomic mass is 32.2. The molecule has 26 heavy (non-hydrogen) atoms. The lowest BCUT2D eigenvalue weighted by molar-refractivity contribution is -0.387. The molecule has 0 atom stereocenters. The van der Waals surface area contributed by atoms with Crippen LogP contribution < -0.4 is 0 Å². The molecule has 0 fully saturated rings. The van der Waals surface area contributed by atoms with E-state index in [2.05, 4.69) is 18.8 Å². The number of amides is 1. The van der Waals surface area contributed by atoms with Crippen LogP contribution in [0.2, 0.25) is 0 Å². The standard InChI is InChI=1S/C19H23N3O3S/c1-14(2)9-11-26-18-8-7-15(12-17(18)22(24)25)19(23)21(3)13-16-6-4-5-10-20-16/h4-8,10,12,14H,9,11,13H2,1-3H3. The summed E-state index contributed by atoms with van der Waals surface area (Å²) in [4.78, 5) is 29.9. The van der Waals surface area contributed by atoms with Gasteiger partial charge in [0.25, 0.3) is 11.6 Å². The van der Waals surface area contributed by atoms with Crippen molar-refractivity contribution in [1.29, 1.82) is 0 Å². The first kappa shape index (κ1) is 19.9. The molecule has 0 aliphatic rings. The Balaban J connectivity index is 2.14. The molecule has 0 aliphatic carbocycles. The monoisotopic (exact) mass is 373 g/mol. The third-order valence-electron chi connectivity index (χ3n) is 3.83. The van der Waals surface area contributed by atoms with Gasteiger partial charge in [-0.1, -0.05) is 19.9 Å². The molecule has 0 bridgehead atoms. The minimum atomic E-state index is -0.423. The van der Waals surface area contributed by atoms with Crippen molar-refractivity contribution in [2.45, 2.75) is 31.7 Å². The van der Waals surface area contributed by atoms with Crippen molar-refractivity contribution in [2.75, 3.05) is 12.8 Å². The van der Waals surface area contributed by atoms with Gasteiger partial charge in [0.2, 0.25) is 0 Å². The highest BCUT2D eigenvalue weighted by Gasteiger charge is 2.20. The summed E-state index contributed by atoms with van der Waals surface area (Å²) in [5.41, 5.74) is 1.05. The van der Waals surface area contributed by atoms with E-state index in [4.69, 9.17) is 0 Å². The molecule has 0 spiro atoms. The number of rotatable bonds is 8. The van der Waals surface area contributed by atoms with Crippen LogP contribution in [0.1, 0.15) is 36.3 Å². The van der Waals surface area contributed by atoms with Crippen molar-refractivity contribution in [3.8, 4) is 0 Å². The van der Waals surface area contributed by atoms with Gasteiger partial charge in [-0.3, -0.25) is 19.9 Å². The molecule has 0 N–H and O–H groups in total. The summed E-state index contributed by atoms with van der Waals surface area (Å²) in [5, 5.41) is 11.4. The minimum absolute atomic E-state index is 0.0177. The quantitative estimate of drug-likeness (QED) is 0.389. The molecule has 0 saturated carbocycles. The summed E-state index contributed by atoms with van der Waals surface area (Å²) in [7, 11) is 1.66. The van der Waals surface area contributed by atoms with Gasteiger partial charge in [-0.2, -0.15) is 0 Å². The van der Waals surface area contributed by atoms with Gasteiger partial charge in [0.1, 0.15) is 0 Å². The summed E-state index contributed by atoms with van der Waals surface area (Å²) >= 11 is 1.46. The number of hydrogen-bond donors (Lipinski definition) is 0. The molecule has 1 heterocycles. The number of nitro groups is 1. The fourth-order valence-corrected chi connectivity index (χ4v) is 3.60. The van der Waals surface area contributed by atoms with Crippen LogP contribution >= 0.6 is 11.8 Å². The van der Waals surface area contributed by atoms with E-state index in [1.165, 1.54) is 22.7 Å². The van der Waals surface area contributed by atoms with Gasteiger partial charge in [-0.05, 0) is 42.4 Å². The van der Waals surface area contributed by atoms with E-state index in [0.29, 0.717) is 22.9 Å². The second kappa shape index (κ2) is 9.33. The van der Waals surface area contributed by atoms with Crippen LogP contribution in [0.4, 0.5) is 5.69 Å². The predicted molar refractivity (Wildman–Crippen MR) is 103 cm³/mol. The average Bonchev–Trinajstić information content (AvgIpc) is 2.61. The SMILES string of the molecule is CC(C)CCSc1ccc(C(=O)N(C)Cc2ccccn2)cc1[N+](=O)[O-]. The fourth-order valence-electron chi connectivity index (χ4n) is 2.35. The number of carbonyl (C=O) groups excluding carboxylic acids is 1. The summed E-state index contributed by atoms with van der Waals surface area (Å²) in [6, 6.07) is 10.2. The van der Waals surface area contributed by atoms with Crippen LogP contribution in [-0.2, 0) is 6.54 Å². The van der Waals surface area contributed by atoms with E-state index < -0.39 is 4.92 Å². The smallest absolute Gasteiger partial charge is 0.283 e. The maximum absolute atomic E-state index is 12.6. The minimum Gasteiger partial charge on any atom is -0.336 e. The summed E-state index contributed by atoms with van der Waals surface area (Å²) in [6.45, 7) is 4.58. The number of pyridine rings is 1. The molecule has 1 amide bonds. The Morgan fingerprint density at radius 1 is 1.31 bits per heavy atom. The molecule has 1 aromatic heterocycles. The Morgan fingerprint density at radius 3 is 2.69 bits per heavy atom. The maximum Gasteiger partial charge on any atom is 0.283 e. The van der Waals surface area contributed by atoms with E-state index in [1.807, 2.05) is 18.2 Å². The number of nitrogens with zero attached hydrogens (tertiary/aromatic N) is 3. The zero-order chi connectivity index (χ0) is 19.1. The van der Waals surface area contributed by atoms with E-state index in [0.717, 1.165) is 17.9 Å². The van der Waals surface area contributed by atoms with Crippen molar-refractivity contribution < 1.29 is 9.72 Å². The summed E-state index contributed by atoms with van der Waals surface area (Å²) in [6.07, 6.45) is 2.65. The van der Waals surface area contributed by atoms with Crippen LogP contribution in [0.15, 0.2) is 47.5 Å². The lowest BCUT2D eigenvalue weighted by Crippen LogP contribution is -2.26. The zero-order valence-electron chi connectivity index (χ0n) is 15.2. The van der Waals surface area contributed by atoms with Crippen LogP contribution in [-0.4, -0.2) is 33.5 Å². The molecule has 7 heteroatoms. The maximum atomic E-state index is 12.6. The molecule has 2 rings (SSSR count). The van der Waals surface area contributed by atoms with Gasteiger partial charge in [0.05, 0.1) is 22.1 Å². The fraction of sp³-hybridized carbons (Fsp3) is 0.368. The second-order valence-electron chi connectivity index (χ2n) is 6.45. The number of nitro benzene ring substituents is 1. The molecule has 0 unspecified atom stereocenters. The van der Waals surface area contributed by atoms with E-state index in [-0.39, 0.29) is 11.6 Å². The molecular formula is C19H23N3O3S. The Kier molecular flexibility index (Phi) is 7.15. The van der Waals surface area contributed by atoms with Gasteiger partial charge in [-0.15, -0.1) is 11.8 Å². The first-order valence-electron chi connectivity index (χ1n) is 8.45. The Bertz CT molecular complexity index is 766. The molecule has 0 saturated heterocycles. The van der Waals surface area contributed by atoms with Gasteiger partial charge in [0.15, 0.2) is 0 Å². The van der Waals surface area contributed by atoms with Crippen LogP contribution in [0, 0.1) is 16.0 Å². The van der Waals surface area contributed by atoms with Crippen molar-refractivity contribution in [3.05, 3.63) is 64.0 Å². The van der Waals surface area contributed by atoms with Crippen molar-refractivity contribution >= 4 is 23.4 Å². The number of thioether (sulfide) groups is 1. The molecule has 1 aromatic carbocycles.